The van der Waals surface area contributed by atoms with Crippen LogP contribution in [0.4, 0.5) is 5.69 Å². The van der Waals surface area contributed by atoms with Crippen LogP contribution < -0.4 is 5.73 Å². The molecule has 0 atom stereocenters. The van der Waals surface area contributed by atoms with Gasteiger partial charge in [-0.3, -0.25) is 4.90 Å². The Morgan fingerprint density at radius 1 is 1.29 bits per heavy atom. The molecule has 0 radical (unpaired) electrons. The zero-order valence-electron chi connectivity index (χ0n) is 8.17. The van der Waals surface area contributed by atoms with E-state index in [4.69, 9.17) is 17.3 Å². The summed E-state index contributed by atoms with van der Waals surface area (Å²) in [6, 6.07) is 5.76. The number of rotatable bonds is 2. The summed E-state index contributed by atoms with van der Waals surface area (Å²) in [6.07, 6.45) is 2.63. The van der Waals surface area contributed by atoms with Gasteiger partial charge in [0.15, 0.2) is 0 Å². The normalized spacial score (nSPS) is 17.5. The van der Waals surface area contributed by atoms with Crippen molar-refractivity contribution in [3.05, 3.63) is 28.8 Å². The number of halogens is 1. The molecule has 1 heterocycles. The van der Waals surface area contributed by atoms with Crippen molar-refractivity contribution < 1.29 is 0 Å². The lowest BCUT2D eigenvalue weighted by Crippen LogP contribution is -2.19. The molecular formula is C11H15ClN2. The summed E-state index contributed by atoms with van der Waals surface area (Å²) >= 11 is 5.84. The summed E-state index contributed by atoms with van der Waals surface area (Å²) < 4.78 is 0. The standard InChI is InChI=1S/C11H15ClN2/c12-10-4-3-9(11(13)7-10)8-14-5-1-2-6-14/h3-4,7H,1-2,5-6,8,13H2. The third kappa shape index (κ3) is 2.20. The largest absolute Gasteiger partial charge is 0.398 e. The lowest BCUT2D eigenvalue weighted by molar-refractivity contribution is 0.332. The Bertz CT molecular complexity index is 319. The van der Waals surface area contributed by atoms with Crippen molar-refractivity contribution in [3.8, 4) is 0 Å². The number of nitrogens with two attached hydrogens (primary N) is 1. The first-order chi connectivity index (χ1) is 6.75. The molecule has 0 aromatic heterocycles. The minimum atomic E-state index is 0.715. The van der Waals surface area contributed by atoms with E-state index in [1.807, 2.05) is 18.2 Å². The average Bonchev–Trinajstić information content (AvgIpc) is 2.62. The highest BCUT2D eigenvalue weighted by atomic mass is 35.5. The molecule has 1 aromatic rings. The van der Waals surface area contributed by atoms with Crippen LogP contribution in [0.3, 0.4) is 0 Å². The molecule has 0 aliphatic carbocycles. The van der Waals surface area contributed by atoms with Gasteiger partial charge in [-0.25, -0.2) is 0 Å². The molecule has 1 aliphatic heterocycles. The van der Waals surface area contributed by atoms with Gasteiger partial charge in [0.2, 0.25) is 0 Å². The number of hydrogen-bond donors (Lipinski definition) is 1. The topological polar surface area (TPSA) is 29.3 Å². The Labute approximate surface area is 89.7 Å². The second kappa shape index (κ2) is 4.20. The van der Waals surface area contributed by atoms with Crippen LogP contribution in [0.15, 0.2) is 18.2 Å². The SMILES string of the molecule is Nc1cc(Cl)ccc1CN1CCCC1. The molecule has 0 saturated carbocycles. The summed E-state index contributed by atoms with van der Waals surface area (Å²) in [5.41, 5.74) is 7.89. The monoisotopic (exact) mass is 210 g/mol. The van der Waals surface area contributed by atoms with Gasteiger partial charge >= 0.3 is 0 Å². The van der Waals surface area contributed by atoms with Gasteiger partial charge in [0.25, 0.3) is 0 Å². The van der Waals surface area contributed by atoms with Crippen LogP contribution in [0.1, 0.15) is 18.4 Å². The fourth-order valence-electron chi connectivity index (χ4n) is 1.89. The maximum Gasteiger partial charge on any atom is 0.0426 e. The van der Waals surface area contributed by atoms with Crippen molar-refractivity contribution in [2.75, 3.05) is 18.8 Å². The van der Waals surface area contributed by atoms with Gasteiger partial charge in [0.05, 0.1) is 0 Å². The summed E-state index contributed by atoms with van der Waals surface area (Å²) in [4.78, 5) is 2.43. The van der Waals surface area contributed by atoms with Gasteiger partial charge in [-0.05, 0) is 43.6 Å². The first-order valence-corrected chi connectivity index (χ1v) is 5.40. The second-order valence-corrected chi connectivity index (χ2v) is 4.26. The van der Waals surface area contributed by atoms with Crippen molar-refractivity contribution in [1.29, 1.82) is 0 Å². The maximum absolute atomic E-state index is 5.89. The minimum Gasteiger partial charge on any atom is -0.398 e. The number of hydrogen-bond acceptors (Lipinski definition) is 2. The molecule has 14 heavy (non-hydrogen) atoms. The molecule has 0 spiro atoms. The van der Waals surface area contributed by atoms with Crippen LogP contribution >= 0.6 is 11.6 Å². The zero-order valence-corrected chi connectivity index (χ0v) is 8.93. The highest BCUT2D eigenvalue weighted by Crippen LogP contribution is 2.21. The van der Waals surface area contributed by atoms with Gasteiger partial charge in [0.1, 0.15) is 0 Å². The van der Waals surface area contributed by atoms with Crippen LogP contribution in [-0.4, -0.2) is 18.0 Å². The quantitative estimate of drug-likeness (QED) is 0.761. The van der Waals surface area contributed by atoms with Crippen molar-refractivity contribution in [3.63, 3.8) is 0 Å². The molecule has 0 bridgehead atoms. The van der Waals surface area contributed by atoms with Crippen LogP contribution in [-0.2, 0) is 6.54 Å². The van der Waals surface area contributed by atoms with E-state index in [-0.39, 0.29) is 0 Å². The molecule has 2 nitrogen and oxygen atoms in total. The Morgan fingerprint density at radius 2 is 2.00 bits per heavy atom. The smallest absolute Gasteiger partial charge is 0.0426 e. The molecule has 1 aliphatic rings. The highest BCUT2D eigenvalue weighted by Gasteiger charge is 2.12. The molecule has 1 fully saturated rings. The van der Waals surface area contributed by atoms with Gasteiger partial charge in [-0.1, -0.05) is 17.7 Å². The lowest BCUT2D eigenvalue weighted by atomic mass is 10.2. The summed E-state index contributed by atoms with van der Waals surface area (Å²) in [6.45, 7) is 3.35. The van der Waals surface area contributed by atoms with Gasteiger partial charge < -0.3 is 5.73 Å². The Kier molecular flexibility index (Phi) is 2.94. The molecule has 1 saturated heterocycles. The summed E-state index contributed by atoms with van der Waals surface area (Å²) in [5.74, 6) is 0. The van der Waals surface area contributed by atoms with Crippen LogP contribution in [0, 0.1) is 0 Å². The maximum atomic E-state index is 5.89. The zero-order chi connectivity index (χ0) is 9.97. The fourth-order valence-corrected chi connectivity index (χ4v) is 2.07. The number of nitrogens with zero attached hydrogens (tertiary/aromatic N) is 1. The fraction of sp³-hybridized carbons (Fsp3) is 0.455. The van der Waals surface area contributed by atoms with E-state index in [0.717, 1.165) is 12.2 Å². The first-order valence-electron chi connectivity index (χ1n) is 5.02. The Hall–Kier alpha value is -0.730. The lowest BCUT2D eigenvalue weighted by Gasteiger charge is -2.15. The number of likely N-dealkylation sites (tertiary alicyclic amines) is 1. The van der Waals surface area contributed by atoms with Gasteiger partial charge in [-0.2, -0.15) is 0 Å². The molecule has 3 heteroatoms. The predicted molar refractivity (Wildman–Crippen MR) is 60.4 cm³/mol. The molecule has 1 aromatic carbocycles. The van der Waals surface area contributed by atoms with Crippen molar-refractivity contribution in [2.24, 2.45) is 0 Å². The highest BCUT2D eigenvalue weighted by molar-refractivity contribution is 6.30. The molecule has 2 rings (SSSR count). The van der Waals surface area contributed by atoms with Crippen LogP contribution in [0.5, 0.6) is 0 Å². The molecule has 0 unspecified atom stereocenters. The van der Waals surface area contributed by atoms with E-state index in [2.05, 4.69) is 4.90 Å². The first kappa shape index (κ1) is 9.81. The number of benzene rings is 1. The van der Waals surface area contributed by atoms with Crippen molar-refractivity contribution in [2.45, 2.75) is 19.4 Å². The van der Waals surface area contributed by atoms with Crippen molar-refractivity contribution in [1.82, 2.24) is 4.90 Å². The van der Waals surface area contributed by atoms with E-state index in [1.165, 1.54) is 31.5 Å². The predicted octanol–water partition coefficient (Wildman–Crippen LogP) is 2.52. The van der Waals surface area contributed by atoms with Crippen LogP contribution in [0.2, 0.25) is 5.02 Å². The van der Waals surface area contributed by atoms with E-state index in [9.17, 15) is 0 Å². The van der Waals surface area contributed by atoms with Gasteiger partial charge in [0, 0.05) is 17.3 Å². The van der Waals surface area contributed by atoms with E-state index in [1.54, 1.807) is 0 Å². The van der Waals surface area contributed by atoms with E-state index < -0.39 is 0 Å². The third-order valence-corrected chi connectivity index (χ3v) is 2.94. The summed E-state index contributed by atoms with van der Waals surface area (Å²) in [7, 11) is 0. The number of anilines is 1. The van der Waals surface area contributed by atoms with Gasteiger partial charge in [-0.15, -0.1) is 0 Å². The van der Waals surface area contributed by atoms with E-state index in [0.29, 0.717) is 5.02 Å². The van der Waals surface area contributed by atoms with Crippen molar-refractivity contribution >= 4 is 17.3 Å². The Balaban J connectivity index is 2.08. The molecular weight excluding hydrogens is 196 g/mol. The van der Waals surface area contributed by atoms with E-state index >= 15 is 0 Å². The van der Waals surface area contributed by atoms with Crippen LogP contribution in [0.25, 0.3) is 0 Å². The molecule has 2 N–H and O–H groups in total. The summed E-state index contributed by atoms with van der Waals surface area (Å²) in [5, 5.41) is 0.715. The minimum absolute atomic E-state index is 0.715. The molecule has 0 amide bonds. The Morgan fingerprint density at radius 3 is 2.64 bits per heavy atom. The molecule has 76 valence electrons. The number of nitrogen functional groups attached to an aromatic ring is 1. The average molecular weight is 211 g/mol. The third-order valence-electron chi connectivity index (χ3n) is 2.70. The second-order valence-electron chi connectivity index (χ2n) is 3.83.